The van der Waals surface area contributed by atoms with Gasteiger partial charge in [-0.3, -0.25) is 10.1 Å². The maximum Gasteiger partial charge on any atom is 0.416 e. The molecule has 30 heavy (non-hydrogen) atoms. The molecule has 1 N–H and O–H groups in total. The minimum atomic E-state index is -4.50. The number of benzene rings is 2. The van der Waals surface area contributed by atoms with Crippen LogP contribution in [0.4, 0.5) is 18.3 Å². The lowest BCUT2D eigenvalue weighted by atomic mass is 10.1. The fourth-order valence-corrected chi connectivity index (χ4v) is 3.87. The zero-order valence-electron chi connectivity index (χ0n) is 14.9. The molecule has 2 aromatic carbocycles. The fraction of sp³-hybridized carbons (Fsp3) is 0.100. The summed E-state index contributed by atoms with van der Waals surface area (Å²) < 4.78 is 38.5. The van der Waals surface area contributed by atoms with E-state index in [2.05, 4.69) is 10.3 Å². The number of carbonyl (C=O) groups is 1. The van der Waals surface area contributed by atoms with E-state index in [1.807, 2.05) is 0 Å². The molecule has 156 valence electrons. The van der Waals surface area contributed by atoms with Gasteiger partial charge in [0.15, 0.2) is 5.13 Å². The van der Waals surface area contributed by atoms with Crippen LogP contribution in [-0.4, -0.2) is 10.9 Å². The molecule has 10 heteroatoms. The van der Waals surface area contributed by atoms with E-state index in [0.29, 0.717) is 21.6 Å². The Bertz CT molecular complexity index is 1110. The number of alkyl halides is 3. The Labute approximate surface area is 189 Å². The molecular weight excluding hydrogens is 480 g/mol. The lowest BCUT2D eigenvalue weighted by Crippen LogP contribution is -2.07. The molecule has 3 nitrogen and oxygen atoms in total. The van der Waals surface area contributed by atoms with Gasteiger partial charge < -0.3 is 0 Å². The lowest BCUT2D eigenvalue weighted by molar-refractivity contribution is -0.137. The third kappa shape index (κ3) is 5.98. The van der Waals surface area contributed by atoms with Gasteiger partial charge in [0.05, 0.1) is 5.56 Å². The van der Waals surface area contributed by atoms with Gasteiger partial charge in [-0.25, -0.2) is 4.98 Å². The molecular formula is C20H12Cl3F3N2OS. The van der Waals surface area contributed by atoms with Crippen LogP contribution in [0, 0.1) is 0 Å². The zero-order valence-corrected chi connectivity index (χ0v) is 18.0. The first-order valence-corrected chi connectivity index (χ1v) is 10.3. The molecule has 0 saturated heterocycles. The molecule has 0 saturated carbocycles. The quantitative estimate of drug-likeness (QED) is 0.379. The summed E-state index contributed by atoms with van der Waals surface area (Å²) in [7, 11) is 0. The Kier molecular flexibility index (Phi) is 7.08. The number of hydrogen-bond acceptors (Lipinski definition) is 3. The summed E-state index contributed by atoms with van der Waals surface area (Å²) >= 11 is 19.3. The second-order valence-electron chi connectivity index (χ2n) is 6.10. The van der Waals surface area contributed by atoms with Gasteiger partial charge >= 0.3 is 6.18 Å². The number of nitrogens with zero attached hydrogens (tertiary/aromatic N) is 1. The Hall–Kier alpha value is -2.06. The van der Waals surface area contributed by atoms with Crippen LogP contribution in [0.5, 0.6) is 0 Å². The van der Waals surface area contributed by atoms with Crippen molar-refractivity contribution in [1.29, 1.82) is 0 Å². The molecule has 1 aromatic heterocycles. The molecule has 0 aliphatic carbocycles. The molecule has 0 unspecified atom stereocenters. The Morgan fingerprint density at radius 3 is 2.57 bits per heavy atom. The molecule has 0 aliphatic heterocycles. The van der Waals surface area contributed by atoms with Gasteiger partial charge in [0.1, 0.15) is 0 Å². The number of carbonyl (C=O) groups excluding carboxylic acids is 1. The predicted molar refractivity (Wildman–Crippen MR) is 115 cm³/mol. The number of hydrogen-bond donors (Lipinski definition) is 1. The smallest absolute Gasteiger partial charge is 0.298 e. The van der Waals surface area contributed by atoms with E-state index >= 15 is 0 Å². The highest BCUT2D eigenvalue weighted by Crippen LogP contribution is 2.32. The van der Waals surface area contributed by atoms with E-state index in [1.54, 1.807) is 24.4 Å². The van der Waals surface area contributed by atoms with E-state index in [9.17, 15) is 18.0 Å². The lowest BCUT2D eigenvalue weighted by Gasteiger charge is -2.08. The molecule has 0 atom stereocenters. The van der Waals surface area contributed by atoms with E-state index in [0.717, 1.165) is 34.7 Å². The maximum absolute atomic E-state index is 12.8. The SMILES string of the molecule is O=C(/C=C/c1cc(C(F)(F)F)ccc1Cl)Nc1ncc(Cc2cc(Cl)ccc2Cl)s1. The first kappa shape index (κ1) is 22.6. The van der Waals surface area contributed by atoms with Gasteiger partial charge in [-0.1, -0.05) is 34.8 Å². The summed E-state index contributed by atoms with van der Waals surface area (Å²) in [6.45, 7) is 0. The monoisotopic (exact) mass is 490 g/mol. The minimum absolute atomic E-state index is 0.0806. The topological polar surface area (TPSA) is 42.0 Å². The fourth-order valence-electron chi connectivity index (χ4n) is 2.47. The van der Waals surface area contributed by atoms with Crippen LogP contribution in [0.25, 0.3) is 6.08 Å². The van der Waals surface area contributed by atoms with Crippen LogP contribution in [0.2, 0.25) is 15.1 Å². The van der Waals surface area contributed by atoms with E-state index in [4.69, 9.17) is 34.8 Å². The van der Waals surface area contributed by atoms with Crippen LogP contribution in [0.3, 0.4) is 0 Å². The third-order valence-corrected chi connectivity index (χ3v) is 5.75. The van der Waals surface area contributed by atoms with Crippen molar-refractivity contribution in [2.24, 2.45) is 0 Å². The molecule has 0 fully saturated rings. The highest BCUT2D eigenvalue weighted by Gasteiger charge is 2.30. The average Bonchev–Trinajstić information content (AvgIpc) is 3.10. The normalized spacial score (nSPS) is 11.8. The Morgan fingerprint density at radius 1 is 1.10 bits per heavy atom. The van der Waals surface area contributed by atoms with Crippen molar-refractivity contribution in [2.75, 3.05) is 5.32 Å². The number of amides is 1. The van der Waals surface area contributed by atoms with Gasteiger partial charge in [0, 0.05) is 38.6 Å². The van der Waals surface area contributed by atoms with Crippen LogP contribution in [0.15, 0.2) is 48.7 Å². The number of halogens is 6. The van der Waals surface area contributed by atoms with Crippen LogP contribution < -0.4 is 5.32 Å². The molecule has 0 bridgehead atoms. The standard InChI is InChI=1S/C20H12Cl3F3N2OS/c21-14-3-5-17(23)12(8-14)9-15-10-27-19(30-15)28-18(29)6-1-11-7-13(20(24,25)26)2-4-16(11)22/h1-8,10H,9H2,(H,27,28,29)/b6-1+. The Balaban J connectivity index is 1.67. The summed E-state index contributed by atoms with van der Waals surface area (Å²) in [6, 6.07) is 8.03. The van der Waals surface area contributed by atoms with Crippen molar-refractivity contribution < 1.29 is 18.0 Å². The summed E-state index contributed by atoms with van der Waals surface area (Å²) in [5.74, 6) is -0.551. The highest BCUT2D eigenvalue weighted by molar-refractivity contribution is 7.15. The average molecular weight is 492 g/mol. The highest BCUT2D eigenvalue weighted by atomic mass is 35.5. The Morgan fingerprint density at radius 2 is 1.83 bits per heavy atom. The van der Waals surface area contributed by atoms with Crippen molar-refractivity contribution in [3.63, 3.8) is 0 Å². The molecule has 0 spiro atoms. The number of aromatic nitrogens is 1. The minimum Gasteiger partial charge on any atom is -0.298 e. The molecule has 3 rings (SSSR count). The second kappa shape index (κ2) is 9.39. The van der Waals surface area contributed by atoms with Crippen molar-refractivity contribution in [1.82, 2.24) is 4.98 Å². The summed E-state index contributed by atoms with van der Waals surface area (Å²) in [6.07, 6.45) is -0.102. The van der Waals surface area contributed by atoms with Gasteiger partial charge in [-0.2, -0.15) is 13.2 Å². The zero-order chi connectivity index (χ0) is 21.9. The summed E-state index contributed by atoms with van der Waals surface area (Å²) in [5.41, 5.74) is 0.0537. The van der Waals surface area contributed by atoms with Crippen molar-refractivity contribution >= 4 is 63.3 Å². The van der Waals surface area contributed by atoms with Crippen molar-refractivity contribution in [3.8, 4) is 0 Å². The van der Waals surface area contributed by atoms with Crippen LogP contribution in [-0.2, 0) is 17.4 Å². The third-order valence-electron chi connectivity index (χ3n) is 3.89. The number of thiazole rings is 1. The van der Waals surface area contributed by atoms with Crippen LogP contribution in [0.1, 0.15) is 21.6 Å². The van der Waals surface area contributed by atoms with Crippen LogP contribution >= 0.6 is 46.1 Å². The number of anilines is 1. The van der Waals surface area contributed by atoms with Crippen molar-refractivity contribution in [2.45, 2.75) is 12.6 Å². The molecule has 1 amide bonds. The van der Waals surface area contributed by atoms with Gasteiger partial charge in [-0.15, -0.1) is 11.3 Å². The second-order valence-corrected chi connectivity index (χ2v) is 8.47. The summed E-state index contributed by atoms with van der Waals surface area (Å²) in [4.78, 5) is 17.1. The number of rotatable bonds is 5. The van der Waals surface area contributed by atoms with E-state index in [-0.39, 0.29) is 10.6 Å². The molecule has 0 radical (unpaired) electrons. The van der Waals surface area contributed by atoms with Gasteiger partial charge in [0.2, 0.25) is 5.91 Å². The predicted octanol–water partition coefficient (Wildman–Crippen LogP) is 7.36. The molecule has 3 aromatic rings. The van der Waals surface area contributed by atoms with Gasteiger partial charge in [0.25, 0.3) is 0 Å². The maximum atomic E-state index is 12.8. The largest absolute Gasteiger partial charge is 0.416 e. The summed E-state index contributed by atoms with van der Waals surface area (Å²) in [5, 5.41) is 4.14. The molecule has 1 heterocycles. The molecule has 0 aliphatic rings. The van der Waals surface area contributed by atoms with E-state index < -0.39 is 17.6 Å². The van der Waals surface area contributed by atoms with E-state index in [1.165, 1.54) is 17.4 Å². The first-order chi connectivity index (χ1) is 14.1. The number of nitrogens with one attached hydrogen (secondary N) is 1. The first-order valence-electron chi connectivity index (χ1n) is 8.36. The van der Waals surface area contributed by atoms with Crippen molar-refractivity contribution in [3.05, 3.63) is 85.3 Å². The van der Waals surface area contributed by atoms with Gasteiger partial charge in [-0.05, 0) is 53.6 Å².